The molecule has 0 aromatic heterocycles. The Hall–Kier alpha value is -1.05. The van der Waals surface area contributed by atoms with E-state index in [4.69, 9.17) is 5.11 Å². The van der Waals surface area contributed by atoms with E-state index in [0.717, 1.165) is 6.42 Å². The molecule has 2 nitrogen and oxygen atoms in total. The SMILES string of the molecule is C=CCC(/C=C/C)CC(=O)O. The van der Waals surface area contributed by atoms with Gasteiger partial charge in [0.1, 0.15) is 0 Å². The largest absolute Gasteiger partial charge is 0.481 e. The summed E-state index contributed by atoms with van der Waals surface area (Å²) in [6.45, 7) is 5.45. The lowest BCUT2D eigenvalue weighted by molar-refractivity contribution is -0.137. The molecule has 1 unspecified atom stereocenters. The number of hydrogen-bond acceptors (Lipinski definition) is 1. The van der Waals surface area contributed by atoms with Gasteiger partial charge in [-0.2, -0.15) is 0 Å². The van der Waals surface area contributed by atoms with Gasteiger partial charge in [-0.3, -0.25) is 4.79 Å². The Kier molecular flexibility index (Phi) is 5.17. The van der Waals surface area contributed by atoms with Crippen molar-refractivity contribution in [2.24, 2.45) is 5.92 Å². The first-order valence-corrected chi connectivity index (χ1v) is 3.66. The van der Waals surface area contributed by atoms with Gasteiger partial charge in [-0.05, 0) is 19.3 Å². The predicted octanol–water partition coefficient (Wildman–Crippen LogP) is 2.23. The summed E-state index contributed by atoms with van der Waals surface area (Å²) in [6.07, 6.45) is 6.44. The van der Waals surface area contributed by atoms with E-state index in [1.807, 2.05) is 19.1 Å². The molecule has 0 saturated heterocycles. The van der Waals surface area contributed by atoms with Crippen LogP contribution in [0.3, 0.4) is 0 Å². The molecular formula is C9H14O2. The van der Waals surface area contributed by atoms with Crippen molar-refractivity contribution >= 4 is 5.97 Å². The molecule has 0 saturated carbocycles. The third kappa shape index (κ3) is 5.40. The molecular weight excluding hydrogens is 140 g/mol. The van der Waals surface area contributed by atoms with Crippen LogP contribution in [-0.4, -0.2) is 11.1 Å². The third-order valence-corrected chi connectivity index (χ3v) is 1.37. The topological polar surface area (TPSA) is 37.3 Å². The number of carbonyl (C=O) groups is 1. The quantitative estimate of drug-likeness (QED) is 0.616. The Labute approximate surface area is 67.2 Å². The number of carboxylic acid groups (broad SMARTS) is 1. The van der Waals surface area contributed by atoms with Crippen molar-refractivity contribution in [3.63, 3.8) is 0 Å². The molecule has 11 heavy (non-hydrogen) atoms. The van der Waals surface area contributed by atoms with Gasteiger partial charge in [0, 0.05) is 0 Å². The molecule has 0 aliphatic rings. The van der Waals surface area contributed by atoms with Crippen LogP contribution in [0, 0.1) is 5.92 Å². The third-order valence-electron chi connectivity index (χ3n) is 1.37. The van der Waals surface area contributed by atoms with Crippen molar-refractivity contribution < 1.29 is 9.90 Å². The molecule has 0 aromatic carbocycles. The van der Waals surface area contributed by atoms with Crippen molar-refractivity contribution in [2.75, 3.05) is 0 Å². The van der Waals surface area contributed by atoms with Gasteiger partial charge in [0.15, 0.2) is 0 Å². The van der Waals surface area contributed by atoms with Gasteiger partial charge < -0.3 is 5.11 Å². The molecule has 0 aromatic rings. The Morgan fingerprint density at radius 1 is 1.73 bits per heavy atom. The molecule has 0 fully saturated rings. The van der Waals surface area contributed by atoms with Crippen molar-refractivity contribution in [3.05, 3.63) is 24.8 Å². The van der Waals surface area contributed by atoms with Gasteiger partial charge in [0.2, 0.25) is 0 Å². The summed E-state index contributed by atoms with van der Waals surface area (Å²) < 4.78 is 0. The fourth-order valence-electron chi connectivity index (χ4n) is 0.940. The van der Waals surface area contributed by atoms with Gasteiger partial charge in [0.05, 0.1) is 6.42 Å². The van der Waals surface area contributed by atoms with Gasteiger partial charge >= 0.3 is 5.97 Å². The second-order valence-electron chi connectivity index (χ2n) is 2.41. The fourth-order valence-corrected chi connectivity index (χ4v) is 0.940. The maximum Gasteiger partial charge on any atom is 0.303 e. The van der Waals surface area contributed by atoms with E-state index in [1.165, 1.54) is 0 Å². The van der Waals surface area contributed by atoms with Crippen LogP contribution in [0.5, 0.6) is 0 Å². The molecule has 0 radical (unpaired) electrons. The number of rotatable bonds is 5. The molecule has 0 bridgehead atoms. The van der Waals surface area contributed by atoms with Crippen molar-refractivity contribution in [3.8, 4) is 0 Å². The van der Waals surface area contributed by atoms with Crippen LogP contribution >= 0.6 is 0 Å². The molecule has 1 N–H and O–H groups in total. The van der Waals surface area contributed by atoms with E-state index in [1.54, 1.807) is 6.08 Å². The summed E-state index contributed by atoms with van der Waals surface area (Å²) in [5.74, 6) is -0.648. The molecule has 0 aliphatic carbocycles. The van der Waals surface area contributed by atoms with Crippen LogP contribution in [0.1, 0.15) is 19.8 Å². The second-order valence-corrected chi connectivity index (χ2v) is 2.41. The Morgan fingerprint density at radius 2 is 2.36 bits per heavy atom. The van der Waals surface area contributed by atoms with Crippen LogP contribution in [0.25, 0.3) is 0 Å². The Morgan fingerprint density at radius 3 is 2.73 bits per heavy atom. The van der Waals surface area contributed by atoms with E-state index in [-0.39, 0.29) is 12.3 Å². The van der Waals surface area contributed by atoms with Crippen molar-refractivity contribution in [1.82, 2.24) is 0 Å². The monoisotopic (exact) mass is 154 g/mol. The van der Waals surface area contributed by atoms with Gasteiger partial charge in [-0.25, -0.2) is 0 Å². The molecule has 1 atom stereocenters. The molecule has 0 heterocycles. The lowest BCUT2D eigenvalue weighted by Crippen LogP contribution is -2.04. The summed E-state index contributed by atoms with van der Waals surface area (Å²) in [5, 5.41) is 8.47. The van der Waals surface area contributed by atoms with Gasteiger partial charge in [0.25, 0.3) is 0 Å². The zero-order valence-corrected chi connectivity index (χ0v) is 6.79. The van der Waals surface area contributed by atoms with E-state index in [9.17, 15) is 4.79 Å². The van der Waals surface area contributed by atoms with E-state index in [0.29, 0.717) is 0 Å². The minimum atomic E-state index is -0.755. The molecule has 2 heteroatoms. The van der Waals surface area contributed by atoms with Crippen LogP contribution in [0.15, 0.2) is 24.8 Å². The molecule has 62 valence electrons. The zero-order chi connectivity index (χ0) is 8.69. The first-order valence-electron chi connectivity index (χ1n) is 3.66. The summed E-state index contributed by atoms with van der Waals surface area (Å²) in [7, 11) is 0. The lowest BCUT2D eigenvalue weighted by Gasteiger charge is -2.04. The minimum absolute atomic E-state index is 0.106. The van der Waals surface area contributed by atoms with Crippen LogP contribution < -0.4 is 0 Å². The number of hydrogen-bond donors (Lipinski definition) is 1. The minimum Gasteiger partial charge on any atom is -0.481 e. The number of allylic oxidation sites excluding steroid dienone is 3. The van der Waals surface area contributed by atoms with E-state index < -0.39 is 5.97 Å². The highest BCUT2D eigenvalue weighted by molar-refractivity contribution is 5.67. The average molecular weight is 154 g/mol. The number of aliphatic carboxylic acids is 1. The molecule has 0 amide bonds. The summed E-state index contributed by atoms with van der Waals surface area (Å²) in [5.41, 5.74) is 0. The Balaban J connectivity index is 3.87. The first kappa shape index (κ1) is 9.95. The molecule has 0 aliphatic heterocycles. The van der Waals surface area contributed by atoms with E-state index >= 15 is 0 Å². The van der Waals surface area contributed by atoms with E-state index in [2.05, 4.69) is 6.58 Å². The lowest BCUT2D eigenvalue weighted by atomic mass is 10.0. The molecule has 0 rings (SSSR count). The van der Waals surface area contributed by atoms with Crippen LogP contribution in [-0.2, 0) is 4.79 Å². The average Bonchev–Trinajstić information content (AvgIpc) is 1.87. The zero-order valence-electron chi connectivity index (χ0n) is 6.79. The standard InChI is InChI=1S/C9H14O2/c1-3-5-8(6-4-2)7-9(10)11/h3-4,6,8H,1,5,7H2,2H3,(H,10,11)/b6-4+. The van der Waals surface area contributed by atoms with Gasteiger partial charge in [-0.1, -0.05) is 18.2 Å². The van der Waals surface area contributed by atoms with Crippen molar-refractivity contribution in [1.29, 1.82) is 0 Å². The summed E-state index contributed by atoms with van der Waals surface area (Å²) in [6, 6.07) is 0. The number of carboxylic acids is 1. The second kappa shape index (κ2) is 5.71. The highest BCUT2D eigenvalue weighted by Crippen LogP contribution is 2.10. The smallest absolute Gasteiger partial charge is 0.303 e. The fraction of sp³-hybridized carbons (Fsp3) is 0.444. The molecule has 0 spiro atoms. The first-order chi connectivity index (χ1) is 5.20. The van der Waals surface area contributed by atoms with Crippen molar-refractivity contribution in [2.45, 2.75) is 19.8 Å². The highest BCUT2D eigenvalue weighted by Gasteiger charge is 2.06. The summed E-state index contributed by atoms with van der Waals surface area (Å²) in [4.78, 5) is 10.3. The highest BCUT2D eigenvalue weighted by atomic mass is 16.4. The maximum absolute atomic E-state index is 10.3. The Bertz CT molecular complexity index is 159. The predicted molar refractivity (Wildman–Crippen MR) is 45.4 cm³/mol. The summed E-state index contributed by atoms with van der Waals surface area (Å²) >= 11 is 0. The van der Waals surface area contributed by atoms with Crippen LogP contribution in [0.2, 0.25) is 0 Å². The maximum atomic E-state index is 10.3. The normalized spacial score (nSPS) is 13.2. The van der Waals surface area contributed by atoms with Gasteiger partial charge in [-0.15, -0.1) is 6.58 Å². The van der Waals surface area contributed by atoms with Crippen LogP contribution in [0.4, 0.5) is 0 Å².